The molecule has 6 heteroatoms. The molecule has 1 fully saturated rings. The number of carbonyl (C=O) groups is 1. The Bertz CT molecular complexity index is 727. The van der Waals surface area contributed by atoms with Crippen molar-refractivity contribution in [1.82, 2.24) is 15.0 Å². The lowest BCUT2D eigenvalue weighted by Gasteiger charge is -2.38. The van der Waals surface area contributed by atoms with E-state index in [1.54, 1.807) is 0 Å². The molecule has 25 heavy (non-hydrogen) atoms. The van der Waals surface area contributed by atoms with Gasteiger partial charge in [-0.25, -0.2) is 0 Å². The topological polar surface area (TPSA) is 69.8 Å². The van der Waals surface area contributed by atoms with E-state index in [-0.39, 0.29) is 23.8 Å². The first-order chi connectivity index (χ1) is 11.8. The number of hydrogen-bond acceptors (Lipinski definition) is 5. The van der Waals surface area contributed by atoms with Gasteiger partial charge in [-0.05, 0) is 17.5 Å². The van der Waals surface area contributed by atoms with Gasteiger partial charge in [-0.3, -0.25) is 9.69 Å². The first kappa shape index (κ1) is 17.9. The van der Waals surface area contributed by atoms with Crippen LogP contribution in [0, 0.1) is 5.41 Å². The quantitative estimate of drug-likeness (QED) is 0.917. The molecule has 1 amide bonds. The highest BCUT2D eigenvalue weighted by molar-refractivity contribution is 5.86. The maximum atomic E-state index is 12.6. The van der Waals surface area contributed by atoms with Gasteiger partial charge in [-0.15, -0.1) is 0 Å². The number of fused-ring (bicyclic) bond motifs is 1. The van der Waals surface area contributed by atoms with Gasteiger partial charge in [0, 0.05) is 38.1 Å². The van der Waals surface area contributed by atoms with Crippen molar-refractivity contribution >= 4 is 16.9 Å². The minimum absolute atomic E-state index is 0.0788. The van der Waals surface area contributed by atoms with E-state index >= 15 is 0 Å². The summed E-state index contributed by atoms with van der Waals surface area (Å²) in [6.07, 6.45) is -0.0991. The first-order valence-corrected chi connectivity index (χ1v) is 8.86. The summed E-state index contributed by atoms with van der Waals surface area (Å²) in [5, 5.41) is 15.2. The molecule has 1 aromatic heterocycles. The number of amides is 1. The molecule has 136 valence electrons. The number of hydrogen-bond donors (Lipinski definition) is 1. The molecule has 1 saturated heterocycles. The molecule has 1 aliphatic heterocycles. The number of aliphatic hydroxyl groups excluding tert-OH is 1. The van der Waals surface area contributed by atoms with Crippen LogP contribution in [0.3, 0.4) is 0 Å². The van der Waals surface area contributed by atoms with Crippen molar-refractivity contribution in [1.29, 1.82) is 0 Å². The van der Waals surface area contributed by atoms with Crippen LogP contribution in [0.4, 0.5) is 0 Å². The van der Waals surface area contributed by atoms with Gasteiger partial charge in [0.05, 0.1) is 12.5 Å². The third kappa shape index (κ3) is 4.19. The molecule has 1 aliphatic rings. The molecule has 0 radical (unpaired) electrons. The summed E-state index contributed by atoms with van der Waals surface area (Å²) in [7, 11) is 0. The molecule has 1 atom stereocenters. The first-order valence-electron chi connectivity index (χ1n) is 8.86. The summed E-state index contributed by atoms with van der Waals surface area (Å²) in [4.78, 5) is 16.7. The Kier molecular flexibility index (Phi) is 5.11. The maximum absolute atomic E-state index is 12.6. The van der Waals surface area contributed by atoms with Crippen molar-refractivity contribution in [3.63, 3.8) is 0 Å². The van der Waals surface area contributed by atoms with Crippen LogP contribution in [0.2, 0.25) is 0 Å². The minimum atomic E-state index is -0.365. The Hall–Kier alpha value is -1.92. The molecule has 0 aliphatic carbocycles. The lowest BCUT2D eigenvalue weighted by atomic mass is 9.89. The zero-order valence-electron chi connectivity index (χ0n) is 15.2. The van der Waals surface area contributed by atoms with E-state index in [1.807, 2.05) is 49.9 Å². The van der Waals surface area contributed by atoms with E-state index < -0.39 is 0 Å². The molecule has 2 heterocycles. The van der Waals surface area contributed by atoms with Crippen LogP contribution in [-0.2, 0) is 11.2 Å². The third-order valence-electron chi connectivity index (χ3n) is 4.93. The van der Waals surface area contributed by atoms with Crippen LogP contribution in [0.1, 0.15) is 26.5 Å². The molecule has 1 N–H and O–H groups in total. The minimum Gasteiger partial charge on any atom is -0.391 e. The molecule has 0 saturated carbocycles. The highest BCUT2D eigenvalue weighted by Gasteiger charge is 2.28. The number of β-amino-alcohol motifs (C(OH)–C–C–N with tert-alkyl or cyclic N) is 1. The average molecular weight is 345 g/mol. The van der Waals surface area contributed by atoms with E-state index in [1.165, 1.54) is 0 Å². The fraction of sp³-hybridized carbons (Fsp3) is 0.579. The van der Waals surface area contributed by atoms with Gasteiger partial charge in [-0.1, -0.05) is 38.1 Å². The van der Waals surface area contributed by atoms with E-state index in [4.69, 9.17) is 4.52 Å². The Morgan fingerprint density at radius 3 is 2.60 bits per heavy atom. The van der Waals surface area contributed by atoms with Crippen molar-refractivity contribution in [3.05, 3.63) is 30.0 Å². The smallest absolute Gasteiger partial charge is 0.228 e. The average Bonchev–Trinajstić information content (AvgIpc) is 2.98. The predicted molar refractivity (Wildman–Crippen MR) is 96.2 cm³/mol. The Morgan fingerprint density at radius 1 is 1.24 bits per heavy atom. The summed E-state index contributed by atoms with van der Waals surface area (Å²) in [5.74, 6) is 0.0788. The second kappa shape index (κ2) is 7.14. The Labute approximate surface area is 148 Å². The monoisotopic (exact) mass is 345 g/mol. The van der Waals surface area contributed by atoms with Crippen LogP contribution in [0.5, 0.6) is 0 Å². The Morgan fingerprint density at radius 2 is 1.92 bits per heavy atom. The van der Waals surface area contributed by atoms with Crippen LogP contribution in [-0.4, -0.2) is 64.8 Å². The molecule has 6 nitrogen and oxygen atoms in total. The summed E-state index contributed by atoms with van der Waals surface area (Å²) < 4.78 is 5.27. The molecule has 0 bridgehead atoms. The fourth-order valence-electron chi connectivity index (χ4n) is 3.02. The predicted octanol–water partition coefficient (Wildman–Crippen LogP) is 1.92. The van der Waals surface area contributed by atoms with Gasteiger partial charge in [0.25, 0.3) is 0 Å². The van der Waals surface area contributed by atoms with Crippen molar-refractivity contribution in [2.75, 3.05) is 32.7 Å². The third-order valence-corrected chi connectivity index (χ3v) is 4.93. The van der Waals surface area contributed by atoms with Gasteiger partial charge in [0.15, 0.2) is 5.58 Å². The number of aromatic nitrogens is 1. The summed E-state index contributed by atoms with van der Waals surface area (Å²) in [5.41, 5.74) is 1.29. The number of nitrogens with zero attached hydrogens (tertiary/aromatic N) is 3. The normalized spacial score (nSPS) is 17.8. The molecular formula is C19H27N3O3. The van der Waals surface area contributed by atoms with E-state index in [9.17, 15) is 9.90 Å². The molecule has 2 aromatic rings. The van der Waals surface area contributed by atoms with E-state index in [0.717, 1.165) is 18.5 Å². The molecule has 3 rings (SSSR count). The van der Waals surface area contributed by atoms with Crippen molar-refractivity contribution in [3.8, 4) is 0 Å². The largest absolute Gasteiger partial charge is 0.391 e. The zero-order valence-corrected chi connectivity index (χ0v) is 15.2. The van der Waals surface area contributed by atoms with Crippen LogP contribution in [0.15, 0.2) is 28.8 Å². The van der Waals surface area contributed by atoms with Gasteiger partial charge in [0.2, 0.25) is 5.91 Å². The molecule has 0 unspecified atom stereocenters. The number of rotatable bonds is 4. The zero-order chi connectivity index (χ0) is 18.0. The maximum Gasteiger partial charge on any atom is 0.228 e. The summed E-state index contributed by atoms with van der Waals surface area (Å²) in [6.45, 7) is 9.73. The SMILES string of the molecule is CC(C)(C)[C@@H](O)CN1CCN(C(=O)Cc2noc3ccccc23)CC1. The van der Waals surface area contributed by atoms with Crippen LogP contribution in [0.25, 0.3) is 11.0 Å². The summed E-state index contributed by atoms with van der Waals surface area (Å²) in [6, 6.07) is 7.60. The number of piperazine rings is 1. The number of benzene rings is 1. The molecule has 0 spiro atoms. The number of carbonyl (C=O) groups excluding carboxylic acids is 1. The standard InChI is InChI=1S/C19H27N3O3/c1-19(2,3)17(23)13-21-8-10-22(11-9-21)18(24)12-15-14-6-4-5-7-16(14)25-20-15/h4-7,17,23H,8-13H2,1-3H3/t17-/m0/s1. The van der Waals surface area contributed by atoms with Crippen molar-refractivity contribution in [2.45, 2.75) is 33.3 Å². The van der Waals surface area contributed by atoms with Gasteiger partial charge in [0.1, 0.15) is 5.69 Å². The van der Waals surface area contributed by atoms with E-state index in [2.05, 4.69) is 10.1 Å². The lowest BCUT2D eigenvalue weighted by Crippen LogP contribution is -2.52. The molecule has 1 aromatic carbocycles. The lowest BCUT2D eigenvalue weighted by molar-refractivity contribution is -0.132. The number of aliphatic hydroxyl groups is 1. The van der Waals surface area contributed by atoms with Crippen LogP contribution < -0.4 is 0 Å². The second-order valence-corrected chi connectivity index (χ2v) is 7.87. The highest BCUT2D eigenvalue weighted by Crippen LogP contribution is 2.21. The van der Waals surface area contributed by atoms with Crippen molar-refractivity contribution in [2.24, 2.45) is 5.41 Å². The summed E-state index contributed by atoms with van der Waals surface area (Å²) >= 11 is 0. The van der Waals surface area contributed by atoms with Crippen LogP contribution >= 0.6 is 0 Å². The van der Waals surface area contributed by atoms with Gasteiger partial charge < -0.3 is 14.5 Å². The van der Waals surface area contributed by atoms with Gasteiger partial charge in [-0.2, -0.15) is 0 Å². The van der Waals surface area contributed by atoms with Gasteiger partial charge >= 0.3 is 0 Å². The number of para-hydroxylation sites is 1. The second-order valence-electron chi connectivity index (χ2n) is 7.87. The Balaban J connectivity index is 1.53. The van der Waals surface area contributed by atoms with E-state index in [0.29, 0.717) is 30.9 Å². The fourth-order valence-corrected chi connectivity index (χ4v) is 3.02. The van der Waals surface area contributed by atoms with Crippen molar-refractivity contribution < 1.29 is 14.4 Å². The highest BCUT2D eigenvalue weighted by atomic mass is 16.5. The molecular weight excluding hydrogens is 318 g/mol.